The van der Waals surface area contributed by atoms with Crippen molar-refractivity contribution in [2.75, 3.05) is 25.6 Å². The molecule has 0 saturated heterocycles. The Bertz CT molecular complexity index is 866. The van der Waals surface area contributed by atoms with E-state index < -0.39 is 45.8 Å². The largest absolute Gasteiger partial charge is 0.466 e. The van der Waals surface area contributed by atoms with Gasteiger partial charge in [0.25, 0.3) is 0 Å². The van der Waals surface area contributed by atoms with Crippen molar-refractivity contribution in [2.45, 2.75) is 56.6 Å². The summed E-state index contributed by atoms with van der Waals surface area (Å²) >= 11 is 0. The van der Waals surface area contributed by atoms with Gasteiger partial charge in [-0.3, -0.25) is 19.5 Å². The molecule has 1 atom stereocenters. The van der Waals surface area contributed by atoms with E-state index in [4.69, 9.17) is 13.8 Å². The fourth-order valence-electron chi connectivity index (χ4n) is 3.09. The van der Waals surface area contributed by atoms with Gasteiger partial charge >= 0.3 is 18.8 Å². The first-order valence-electron chi connectivity index (χ1n) is 10.1. The maximum atomic E-state index is 13.5. The molecule has 0 heterocycles. The number of hydrogen-bond acceptors (Lipinski definition) is 9. The Labute approximate surface area is 182 Å². The molecule has 0 amide bonds. The molecule has 1 aromatic rings. The van der Waals surface area contributed by atoms with Crippen LogP contribution in [0.15, 0.2) is 35.2 Å². The van der Waals surface area contributed by atoms with Crippen LogP contribution in [0.25, 0.3) is 0 Å². The number of carbonyl (C=O) groups is 1. The summed E-state index contributed by atoms with van der Waals surface area (Å²) < 4.78 is 54.4. The number of esters is 1. The highest BCUT2D eigenvalue weighted by molar-refractivity contribution is 7.91. The highest BCUT2D eigenvalue weighted by Gasteiger charge is 2.61. The summed E-state index contributed by atoms with van der Waals surface area (Å²) in [6, 6.07) is 7.49. The van der Waals surface area contributed by atoms with Crippen molar-refractivity contribution in [1.82, 2.24) is 0 Å². The number of benzene rings is 1. The van der Waals surface area contributed by atoms with E-state index in [1.807, 2.05) is 0 Å². The summed E-state index contributed by atoms with van der Waals surface area (Å²) in [5.41, 5.74) is 0. The van der Waals surface area contributed by atoms with E-state index in [-0.39, 0.29) is 44.0 Å². The average molecular weight is 479 g/mol. The second kappa shape index (κ2) is 12.3. The number of nitrogens with zero attached hydrogens (tertiary/aromatic N) is 1. The Hall–Kier alpha value is -1.81. The zero-order chi connectivity index (χ0) is 23.5. The van der Waals surface area contributed by atoms with Crippen LogP contribution in [0.3, 0.4) is 0 Å². The van der Waals surface area contributed by atoms with Crippen LogP contribution < -0.4 is 0 Å². The van der Waals surface area contributed by atoms with Crippen molar-refractivity contribution in [2.24, 2.45) is 0 Å². The van der Waals surface area contributed by atoms with Gasteiger partial charge in [0.1, 0.15) is 0 Å². The Morgan fingerprint density at radius 1 is 1.06 bits per heavy atom. The van der Waals surface area contributed by atoms with Crippen molar-refractivity contribution in [3.8, 4) is 0 Å². The average Bonchev–Trinajstić information content (AvgIpc) is 2.71. The van der Waals surface area contributed by atoms with Crippen LogP contribution in [0.5, 0.6) is 0 Å². The normalized spacial score (nSPS) is 14.0. The maximum absolute atomic E-state index is 13.5. The van der Waals surface area contributed by atoms with Crippen molar-refractivity contribution in [3.05, 3.63) is 40.4 Å². The lowest BCUT2D eigenvalue weighted by Gasteiger charge is -2.31. The molecule has 1 aromatic carbocycles. The smallest absolute Gasteiger partial charge is 0.406 e. The third-order valence-electron chi connectivity index (χ3n) is 4.58. The molecule has 0 aromatic heterocycles. The predicted molar refractivity (Wildman–Crippen MR) is 114 cm³/mol. The van der Waals surface area contributed by atoms with Crippen LogP contribution in [-0.4, -0.2) is 50.2 Å². The second-order valence-electron chi connectivity index (χ2n) is 6.61. The number of hydrogen-bond donors (Lipinski definition) is 0. The Morgan fingerprint density at radius 2 is 1.65 bits per heavy atom. The van der Waals surface area contributed by atoms with E-state index >= 15 is 0 Å². The first-order chi connectivity index (χ1) is 14.6. The molecule has 10 nitrogen and oxygen atoms in total. The van der Waals surface area contributed by atoms with E-state index in [2.05, 4.69) is 0 Å². The van der Waals surface area contributed by atoms with Crippen LogP contribution in [0.1, 0.15) is 46.5 Å². The molecule has 0 spiro atoms. The fraction of sp³-hybridized carbons (Fsp3) is 0.632. The Kier molecular flexibility index (Phi) is 10.8. The van der Waals surface area contributed by atoms with Crippen LogP contribution in [0.2, 0.25) is 0 Å². The van der Waals surface area contributed by atoms with Gasteiger partial charge < -0.3 is 13.8 Å². The Balaban J connectivity index is 3.30. The van der Waals surface area contributed by atoms with Crippen LogP contribution in [0, 0.1) is 10.1 Å². The van der Waals surface area contributed by atoms with Gasteiger partial charge in [0.15, 0.2) is 9.84 Å². The second-order valence-corrected chi connectivity index (χ2v) is 11.1. The van der Waals surface area contributed by atoms with Crippen LogP contribution in [-0.2, 0) is 33.0 Å². The summed E-state index contributed by atoms with van der Waals surface area (Å²) in [4.78, 5) is 23.1. The minimum absolute atomic E-state index is 0.00132. The van der Waals surface area contributed by atoms with Crippen molar-refractivity contribution in [1.29, 1.82) is 0 Å². The topological polar surface area (TPSA) is 139 Å². The lowest BCUT2D eigenvalue weighted by Crippen LogP contribution is -2.41. The predicted octanol–water partition coefficient (Wildman–Crippen LogP) is 3.82. The molecule has 0 N–H and O–H groups in total. The van der Waals surface area contributed by atoms with Gasteiger partial charge in [-0.15, -0.1) is 0 Å². The van der Waals surface area contributed by atoms with Gasteiger partial charge in [0.2, 0.25) is 0 Å². The monoisotopic (exact) mass is 479 g/mol. The molecule has 0 aliphatic rings. The number of rotatable bonds is 15. The van der Waals surface area contributed by atoms with Gasteiger partial charge in [0, 0.05) is 24.2 Å². The Morgan fingerprint density at radius 3 is 2.13 bits per heavy atom. The molecule has 0 aliphatic heterocycles. The minimum atomic E-state index is -4.39. The molecule has 0 aliphatic carbocycles. The first kappa shape index (κ1) is 27.2. The fourth-order valence-corrected chi connectivity index (χ4v) is 6.91. The van der Waals surface area contributed by atoms with Gasteiger partial charge in [-0.2, -0.15) is 0 Å². The van der Waals surface area contributed by atoms with E-state index in [1.54, 1.807) is 13.0 Å². The molecular weight excluding hydrogens is 449 g/mol. The van der Waals surface area contributed by atoms with Gasteiger partial charge in [-0.25, -0.2) is 8.42 Å². The summed E-state index contributed by atoms with van der Waals surface area (Å²) in [5, 5.41) is 9.91. The van der Waals surface area contributed by atoms with E-state index in [0.29, 0.717) is 0 Å². The zero-order valence-electron chi connectivity index (χ0n) is 18.0. The van der Waals surface area contributed by atoms with Crippen molar-refractivity contribution >= 4 is 23.4 Å². The van der Waals surface area contributed by atoms with Gasteiger partial charge in [-0.1, -0.05) is 18.2 Å². The van der Waals surface area contributed by atoms with E-state index in [0.717, 1.165) is 0 Å². The molecule has 1 rings (SSSR count). The number of nitro groups is 1. The SMILES string of the molecule is CCOC(=O)CCC[C@](CCS(=O)(=O)c1ccccc1)([N+](=O)[O-])P(=O)(OCC)OCC. The zero-order valence-corrected chi connectivity index (χ0v) is 19.7. The molecule has 31 heavy (non-hydrogen) atoms. The lowest BCUT2D eigenvalue weighted by atomic mass is 10.1. The molecule has 0 saturated carbocycles. The highest BCUT2D eigenvalue weighted by Crippen LogP contribution is 2.63. The van der Waals surface area contributed by atoms with E-state index in [9.17, 15) is 27.9 Å². The summed E-state index contributed by atoms with van der Waals surface area (Å²) in [7, 11) is -8.28. The highest BCUT2D eigenvalue weighted by atomic mass is 32.2. The van der Waals surface area contributed by atoms with Gasteiger partial charge in [-0.05, 0) is 39.3 Å². The summed E-state index contributed by atoms with van der Waals surface area (Å²) in [6.45, 7) is 4.55. The molecule has 0 bridgehead atoms. The minimum Gasteiger partial charge on any atom is -0.466 e. The number of ether oxygens (including phenoxy) is 1. The molecule has 176 valence electrons. The molecule has 12 heteroatoms. The number of sulfone groups is 1. The third kappa shape index (κ3) is 7.10. The summed E-state index contributed by atoms with van der Waals surface area (Å²) in [6.07, 6.45) is -1.17. The molecular formula is C19H30NO9PS. The molecule has 0 fully saturated rings. The van der Waals surface area contributed by atoms with E-state index in [1.165, 1.54) is 38.1 Å². The van der Waals surface area contributed by atoms with Crippen molar-refractivity contribution in [3.63, 3.8) is 0 Å². The number of carbonyl (C=O) groups excluding carboxylic acids is 1. The molecule has 0 radical (unpaired) electrons. The van der Waals surface area contributed by atoms with Gasteiger partial charge in [0.05, 0.1) is 30.5 Å². The maximum Gasteiger partial charge on any atom is 0.406 e. The third-order valence-corrected chi connectivity index (χ3v) is 9.14. The van der Waals surface area contributed by atoms with Crippen LogP contribution >= 0.6 is 7.60 Å². The lowest BCUT2D eigenvalue weighted by molar-refractivity contribution is -0.546. The molecule has 0 unspecified atom stereocenters. The quantitative estimate of drug-likeness (QED) is 0.159. The van der Waals surface area contributed by atoms with Crippen LogP contribution in [0.4, 0.5) is 0 Å². The standard InChI is InChI=1S/C19H30NO9PS/c1-4-27-18(21)13-10-14-19(20(22)23,30(24,28-5-2)29-6-3)15-16-31(25,26)17-11-8-7-9-12-17/h7-9,11-12H,4-6,10,13-16H2,1-3H3/t19-/m0/s1. The summed E-state index contributed by atoms with van der Waals surface area (Å²) in [5.74, 6) is -1.19. The van der Waals surface area contributed by atoms with Crippen molar-refractivity contribution < 1.29 is 36.5 Å². The first-order valence-corrected chi connectivity index (χ1v) is 13.2.